The Morgan fingerprint density at radius 2 is 0.868 bits per heavy atom. The number of fused-ring (bicyclic) bond motifs is 2. The summed E-state index contributed by atoms with van der Waals surface area (Å²) < 4.78 is 15.9. The lowest BCUT2D eigenvalue weighted by atomic mass is 9.93. The van der Waals surface area contributed by atoms with Crippen LogP contribution in [-0.4, -0.2) is 13.2 Å². The summed E-state index contributed by atoms with van der Waals surface area (Å²) in [7, 11) is 0. The van der Waals surface area contributed by atoms with Crippen molar-refractivity contribution in [3.8, 4) is 11.5 Å². The Morgan fingerprint density at radius 1 is 0.526 bits per heavy atom. The molecule has 0 radical (unpaired) electrons. The molecule has 0 saturated heterocycles. The monoisotopic (exact) mass is 558 g/mol. The predicted molar refractivity (Wildman–Crippen MR) is 172 cm³/mol. The molecule has 1 aromatic carbocycles. The molecule has 0 spiro atoms. The number of hydrogen-bond donors (Lipinski definition) is 0. The highest BCUT2D eigenvalue weighted by molar-refractivity contribution is 7.21. The molecule has 214 valence electrons. The van der Waals surface area contributed by atoms with Gasteiger partial charge in [0.2, 0.25) is 0 Å². The number of unbranched alkanes of at least 4 members (excludes halogenated alkanes) is 10. The minimum atomic E-state index is 0.0980. The van der Waals surface area contributed by atoms with Gasteiger partial charge in [0.1, 0.15) is 11.5 Å². The zero-order valence-corrected chi connectivity index (χ0v) is 27.3. The molecule has 0 unspecified atom stereocenters. The van der Waals surface area contributed by atoms with Crippen LogP contribution in [0.2, 0.25) is 0 Å². The SMILES string of the molecule is CCCCCCCCOc1c2cc(C(C)(C)C)sc2c(OCCCCCCCC)c2cc(C(C)(C)C)sc12. The van der Waals surface area contributed by atoms with E-state index in [1.807, 2.05) is 22.7 Å². The van der Waals surface area contributed by atoms with Crippen LogP contribution in [0.25, 0.3) is 20.2 Å². The van der Waals surface area contributed by atoms with Gasteiger partial charge >= 0.3 is 0 Å². The molecule has 3 aromatic rings. The number of benzene rings is 1. The molecule has 0 aliphatic rings. The summed E-state index contributed by atoms with van der Waals surface area (Å²) in [5.41, 5.74) is 0.196. The van der Waals surface area contributed by atoms with Crippen LogP contribution in [0.4, 0.5) is 0 Å². The summed E-state index contributed by atoms with van der Waals surface area (Å²) in [5, 5.41) is 2.50. The largest absolute Gasteiger partial charge is 0.491 e. The van der Waals surface area contributed by atoms with Crippen LogP contribution in [0.3, 0.4) is 0 Å². The quantitative estimate of drug-likeness (QED) is 0.163. The van der Waals surface area contributed by atoms with E-state index in [0.29, 0.717) is 0 Å². The summed E-state index contributed by atoms with van der Waals surface area (Å²) in [5.74, 6) is 2.17. The summed E-state index contributed by atoms with van der Waals surface area (Å²) in [6.45, 7) is 20.0. The summed E-state index contributed by atoms with van der Waals surface area (Å²) in [6.07, 6.45) is 15.3. The van der Waals surface area contributed by atoms with E-state index >= 15 is 0 Å². The van der Waals surface area contributed by atoms with E-state index in [1.165, 1.54) is 94.1 Å². The number of ether oxygens (including phenoxy) is 2. The van der Waals surface area contributed by atoms with Crippen molar-refractivity contribution in [1.29, 1.82) is 0 Å². The minimum absolute atomic E-state index is 0.0980. The number of thiophene rings is 2. The molecule has 4 heteroatoms. The zero-order chi connectivity index (χ0) is 27.8. The fraction of sp³-hybridized carbons (Fsp3) is 0.706. The van der Waals surface area contributed by atoms with E-state index in [0.717, 1.165) is 37.6 Å². The van der Waals surface area contributed by atoms with Gasteiger partial charge in [0.15, 0.2) is 0 Å². The second kappa shape index (κ2) is 14.4. The molecule has 2 nitrogen and oxygen atoms in total. The van der Waals surface area contributed by atoms with Gasteiger partial charge in [-0.3, -0.25) is 0 Å². The van der Waals surface area contributed by atoms with Gasteiger partial charge in [0.05, 0.1) is 22.6 Å². The maximum absolute atomic E-state index is 6.69. The van der Waals surface area contributed by atoms with Crippen LogP contribution in [0, 0.1) is 0 Å². The first-order valence-corrected chi connectivity index (χ1v) is 17.0. The van der Waals surface area contributed by atoms with Crippen molar-refractivity contribution in [3.63, 3.8) is 0 Å². The molecule has 0 aliphatic carbocycles. The van der Waals surface area contributed by atoms with Crippen molar-refractivity contribution in [3.05, 3.63) is 21.9 Å². The Hall–Kier alpha value is -1.26. The molecule has 2 aromatic heterocycles. The fourth-order valence-electron chi connectivity index (χ4n) is 4.84. The normalized spacial score (nSPS) is 12.6. The van der Waals surface area contributed by atoms with Gasteiger partial charge < -0.3 is 9.47 Å². The first kappa shape index (κ1) is 31.3. The highest BCUT2D eigenvalue weighted by atomic mass is 32.1. The third kappa shape index (κ3) is 8.37. The third-order valence-electron chi connectivity index (χ3n) is 7.33. The Morgan fingerprint density at radius 3 is 1.21 bits per heavy atom. The molecule has 0 N–H and O–H groups in total. The number of hydrogen-bond acceptors (Lipinski definition) is 4. The Balaban J connectivity index is 1.96. The third-order valence-corrected chi connectivity index (χ3v) is 10.5. The van der Waals surface area contributed by atoms with Gasteiger partial charge in [-0.15, -0.1) is 22.7 Å². The predicted octanol–water partition coefficient (Wildman–Crippen LogP) is 12.2. The van der Waals surface area contributed by atoms with Gasteiger partial charge in [-0.25, -0.2) is 0 Å². The molecular formula is C34H54O2S2. The van der Waals surface area contributed by atoms with E-state index < -0.39 is 0 Å². The highest BCUT2D eigenvalue weighted by Crippen LogP contribution is 2.52. The molecular weight excluding hydrogens is 505 g/mol. The van der Waals surface area contributed by atoms with E-state index in [9.17, 15) is 0 Å². The summed E-state index contributed by atoms with van der Waals surface area (Å²) in [6, 6.07) is 4.79. The van der Waals surface area contributed by atoms with E-state index in [4.69, 9.17) is 9.47 Å². The molecule has 38 heavy (non-hydrogen) atoms. The molecule has 3 rings (SSSR count). The lowest BCUT2D eigenvalue weighted by Crippen LogP contribution is -2.07. The van der Waals surface area contributed by atoms with Gasteiger partial charge in [0, 0.05) is 20.5 Å². The van der Waals surface area contributed by atoms with E-state index in [-0.39, 0.29) is 10.8 Å². The van der Waals surface area contributed by atoms with Gasteiger partial charge in [-0.1, -0.05) is 120 Å². The smallest absolute Gasteiger partial charge is 0.146 e. The van der Waals surface area contributed by atoms with Crippen molar-refractivity contribution >= 4 is 42.8 Å². The first-order valence-electron chi connectivity index (χ1n) is 15.4. The lowest BCUT2D eigenvalue weighted by molar-refractivity contribution is 0.307. The minimum Gasteiger partial charge on any atom is -0.491 e. The summed E-state index contributed by atoms with van der Waals surface area (Å²) >= 11 is 3.81. The standard InChI is InChI=1S/C34H54O2S2/c1-9-11-13-15-17-19-21-35-29-25-23-27(33(3,4)5)38-32(25)30(36-22-20-18-16-14-12-10-2)26-24-28(34(6,7)8)37-31(26)29/h23-24H,9-22H2,1-8H3. The second-order valence-electron chi connectivity index (χ2n) is 13.1. The van der Waals surface area contributed by atoms with Crippen LogP contribution in [0.5, 0.6) is 11.5 Å². The van der Waals surface area contributed by atoms with Crippen molar-refractivity contribution in [2.75, 3.05) is 13.2 Å². The van der Waals surface area contributed by atoms with Gasteiger partial charge in [-0.05, 0) is 35.8 Å². The van der Waals surface area contributed by atoms with Crippen LogP contribution in [0.15, 0.2) is 12.1 Å². The molecule has 0 fully saturated rings. The molecule has 0 amide bonds. The van der Waals surface area contributed by atoms with Crippen LogP contribution < -0.4 is 9.47 Å². The highest BCUT2D eigenvalue weighted by Gasteiger charge is 2.27. The molecule has 0 bridgehead atoms. The van der Waals surface area contributed by atoms with Crippen LogP contribution in [0.1, 0.15) is 142 Å². The number of rotatable bonds is 16. The molecule has 2 heterocycles. The zero-order valence-electron chi connectivity index (χ0n) is 25.7. The Bertz CT molecular complexity index is 981. The topological polar surface area (TPSA) is 18.5 Å². The Kier molecular flexibility index (Phi) is 11.8. The van der Waals surface area contributed by atoms with Crippen LogP contribution in [-0.2, 0) is 10.8 Å². The van der Waals surface area contributed by atoms with Gasteiger partial charge in [0.25, 0.3) is 0 Å². The van der Waals surface area contributed by atoms with Crippen molar-refractivity contribution < 1.29 is 9.47 Å². The lowest BCUT2D eigenvalue weighted by Gasteiger charge is -2.15. The van der Waals surface area contributed by atoms with Crippen molar-refractivity contribution in [2.45, 2.75) is 143 Å². The first-order chi connectivity index (χ1) is 18.1. The van der Waals surface area contributed by atoms with Crippen molar-refractivity contribution in [2.24, 2.45) is 0 Å². The van der Waals surface area contributed by atoms with E-state index in [2.05, 4.69) is 67.5 Å². The molecule has 0 atom stereocenters. The maximum atomic E-state index is 6.69. The Labute approximate surface area is 241 Å². The summed E-state index contributed by atoms with van der Waals surface area (Å²) in [4.78, 5) is 2.80. The maximum Gasteiger partial charge on any atom is 0.146 e. The average molecular weight is 559 g/mol. The fourth-order valence-corrected chi connectivity index (χ4v) is 7.29. The second-order valence-corrected chi connectivity index (χ2v) is 15.2. The van der Waals surface area contributed by atoms with Gasteiger partial charge in [-0.2, -0.15) is 0 Å². The molecule has 0 saturated carbocycles. The van der Waals surface area contributed by atoms with Crippen LogP contribution >= 0.6 is 22.7 Å². The van der Waals surface area contributed by atoms with Crippen molar-refractivity contribution in [1.82, 2.24) is 0 Å². The average Bonchev–Trinajstić information content (AvgIpc) is 3.49. The van der Waals surface area contributed by atoms with E-state index in [1.54, 1.807) is 0 Å². The molecule has 0 aliphatic heterocycles.